The molecule has 2 nitrogen and oxygen atoms in total. The monoisotopic (exact) mass is 244 g/mol. The van der Waals surface area contributed by atoms with Crippen LogP contribution in [0.3, 0.4) is 0 Å². The van der Waals surface area contributed by atoms with E-state index < -0.39 is 0 Å². The Morgan fingerprint density at radius 3 is 3.18 bits per heavy atom. The van der Waals surface area contributed by atoms with E-state index in [0.29, 0.717) is 0 Å². The molecule has 88 valence electrons. The van der Waals surface area contributed by atoms with E-state index in [1.54, 1.807) is 11.8 Å². The standard InChI is InChI=1S/C14H16N2S/c1-2-8-17-9-7-15-11-12-3-4-14-13(10-12)5-6-16-14/h1,3-6,10,15-16H,7-9,11H2. The zero-order chi connectivity index (χ0) is 11.9. The van der Waals surface area contributed by atoms with Crippen molar-refractivity contribution in [2.45, 2.75) is 6.54 Å². The predicted octanol–water partition coefficient (Wildman–Crippen LogP) is 2.62. The van der Waals surface area contributed by atoms with Crippen LogP contribution >= 0.6 is 11.8 Å². The van der Waals surface area contributed by atoms with E-state index in [9.17, 15) is 0 Å². The molecule has 1 aromatic heterocycles. The Balaban J connectivity index is 1.77. The molecule has 0 aliphatic rings. The molecule has 3 heteroatoms. The number of fused-ring (bicyclic) bond motifs is 1. The fourth-order valence-corrected chi connectivity index (χ4v) is 2.27. The second-order valence-electron chi connectivity index (χ2n) is 3.83. The number of benzene rings is 1. The number of thioether (sulfide) groups is 1. The van der Waals surface area contributed by atoms with Gasteiger partial charge in [-0.1, -0.05) is 12.0 Å². The lowest BCUT2D eigenvalue weighted by molar-refractivity contribution is 0.733. The molecule has 0 aliphatic carbocycles. The Morgan fingerprint density at radius 1 is 1.35 bits per heavy atom. The first-order chi connectivity index (χ1) is 8.40. The molecule has 0 fully saturated rings. The number of hydrogen-bond donors (Lipinski definition) is 2. The van der Waals surface area contributed by atoms with Gasteiger partial charge in [0.05, 0.1) is 5.75 Å². The van der Waals surface area contributed by atoms with Crippen molar-refractivity contribution in [2.75, 3.05) is 18.1 Å². The van der Waals surface area contributed by atoms with Gasteiger partial charge in [0.1, 0.15) is 0 Å². The van der Waals surface area contributed by atoms with Gasteiger partial charge in [-0.15, -0.1) is 18.2 Å². The Kier molecular flexibility index (Phi) is 4.54. The Hall–Kier alpha value is -1.37. The Labute approximate surface area is 106 Å². The summed E-state index contributed by atoms with van der Waals surface area (Å²) in [5.41, 5.74) is 2.51. The molecule has 0 saturated carbocycles. The Morgan fingerprint density at radius 2 is 2.29 bits per heavy atom. The summed E-state index contributed by atoms with van der Waals surface area (Å²) in [5.74, 6) is 4.49. The van der Waals surface area contributed by atoms with Crippen molar-refractivity contribution >= 4 is 22.7 Å². The van der Waals surface area contributed by atoms with E-state index in [4.69, 9.17) is 6.42 Å². The van der Waals surface area contributed by atoms with E-state index >= 15 is 0 Å². The first kappa shape index (κ1) is 12.1. The quantitative estimate of drug-likeness (QED) is 0.604. The summed E-state index contributed by atoms with van der Waals surface area (Å²) in [4.78, 5) is 3.19. The lowest BCUT2D eigenvalue weighted by Gasteiger charge is -2.04. The summed E-state index contributed by atoms with van der Waals surface area (Å²) < 4.78 is 0. The third kappa shape index (κ3) is 3.55. The van der Waals surface area contributed by atoms with Gasteiger partial charge in [-0.2, -0.15) is 0 Å². The fraction of sp³-hybridized carbons (Fsp3) is 0.286. The highest BCUT2D eigenvalue weighted by Gasteiger charge is 1.96. The van der Waals surface area contributed by atoms with Crippen molar-refractivity contribution in [3.8, 4) is 12.3 Å². The zero-order valence-corrected chi connectivity index (χ0v) is 10.5. The van der Waals surface area contributed by atoms with E-state index in [-0.39, 0.29) is 0 Å². The maximum atomic E-state index is 5.18. The summed E-state index contributed by atoms with van der Waals surface area (Å²) in [5, 5.41) is 4.69. The van der Waals surface area contributed by atoms with Crippen LogP contribution in [0.25, 0.3) is 10.9 Å². The minimum absolute atomic E-state index is 0.803. The lowest BCUT2D eigenvalue weighted by atomic mass is 10.1. The minimum atomic E-state index is 0.803. The third-order valence-corrected chi connectivity index (χ3v) is 3.42. The summed E-state index contributed by atoms with van der Waals surface area (Å²) in [6.07, 6.45) is 7.15. The summed E-state index contributed by atoms with van der Waals surface area (Å²) in [6.45, 7) is 1.91. The average Bonchev–Trinajstić information content (AvgIpc) is 2.81. The zero-order valence-electron chi connectivity index (χ0n) is 9.70. The summed E-state index contributed by atoms with van der Waals surface area (Å²) in [6, 6.07) is 8.59. The largest absolute Gasteiger partial charge is 0.361 e. The SMILES string of the molecule is C#CCSCCNCc1ccc2[nH]ccc2c1. The molecule has 0 atom stereocenters. The van der Waals surface area contributed by atoms with Crippen LogP contribution in [0.15, 0.2) is 30.5 Å². The number of nitrogens with one attached hydrogen (secondary N) is 2. The van der Waals surface area contributed by atoms with Crippen LogP contribution in [0, 0.1) is 12.3 Å². The first-order valence-electron chi connectivity index (χ1n) is 5.68. The van der Waals surface area contributed by atoms with Gasteiger partial charge in [0.25, 0.3) is 0 Å². The number of terminal acetylenes is 1. The first-order valence-corrected chi connectivity index (χ1v) is 6.83. The normalized spacial score (nSPS) is 10.5. The van der Waals surface area contributed by atoms with E-state index in [1.807, 2.05) is 6.20 Å². The van der Waals surface area contributed by atoms with Crippen molar-refractivity contribution in [2.24, 2.45) is 0 Å². The maximum Gasteiger partial charge on any atom is 0.0545 e. The number of hydrogen-bond acceptors (Lipinski definition) is 2. The highest BCUT2D eigenvalue weighted by Crippen LogP contribution is 2.13. The predicted molar refractivity (Wildman–Crippen MR) is 76.2 cm³/mol. The van der Waals surface area contributed by atoms with Crippen LogP contribution in [-0.2, 0) is 6.54 Å². The lowest BCUT2D eigenvalue weighted by Crippen LogP contribution is -2.16. The van der Waals surface area contributed by atoms with E-state index in [0.717, 1.165) is 24.6 Å². The van der Waals surface area contributed by atoms with Crippen LogP contribution < -0.4 is 5.32 Å². The minimum Gasteiger partial charge on any atom is -0.361 e. The molecule has 2 aromatic rings. The van der Waals surface area contributed by atoms with Crippen molar-refractivity contribution in [3.05, 3.63) is 36.0 Å². The molecule has 17 heavy (non-hydrogen) atoms. The maximum absolute atomic E-state index is 5.18. The van der Waals surface area contributed by atoms with Crippen LogP contribution in [0.2, 0.25) is 0 Å². The molecular formula is C14H16N2S. The van der Waals surface area contributed by atoms with Crippen molar-refractivity contribution in [1.82, 2.24) is 10.3 Å². The molecule has 0 aliphatic heterocycles. The molecule has 2 rings (SSSR count). The van der Waals surface area contributed by atoms with E-state index in [2.05, 4.69) is 40.5 Å². The molecule has 0 amide bonds. The van der Waals surface area contributed by atoms with Crippen molar-refractivity contribution < 1.29 is 0 Å². The fourth-order valence-electron chi connectivity index (χ4n) is 1.72. The second-order valence-corrected chi connectivity index (χ2v) is 4.94. The average molecular weight is 244 g/mol. The van der Waals surface area contributed by atoms with Gasteiger partial charge in [-0.05, 0) is 29.1 Å². The van der Waals surface area contributed by atoms with Crippen LogP contribution in [-0.4, -0.2) is 23.0 Å². The molecule has 1 heterocycles. The van der Waals surface area contributed by atoms with Gasteiger partial charge in [0, 0.05) is 30.6 Å². The van der Waals surface area contributed by atoms with Gasteiger partial charge in [-0.25, -0.2) is 0 Å². The molecule has 0 bridgehead atoms. The van der Waals surface area contributed by atoms with Crippen molar-refractivity contribution in [3.63, 3.8) is 0 Å². The van der Waals surface area contributed by atoms with Gasteiger partial charge < -0.3 is 10.3 Å². The molecule has 0 saturated heterocycles. The van der Waals surface area contributed by atoms with Crippen LogP contribution in [0.5, 0.6) is 0 Å². The molecule has 0 spiro atoms. The number of rotatable bonds is 6. The van der Waals surface area contributed by atoms with Crippen LogP contribution in [0.1, 0.15) is 5.56 Å². The van der Waals surface area contributed by atoms with Gasteiger partial charge >= 0.3 is 0 Å². The smallest absolute Gasteiger partial charge is 0.0545 e. The molecule has 0 radical (unpaired) electrons. The van der Waals surface area contributed by atoms with Gasteiger partial charge in [0.15, 0.2) is 0 Å². The third-order valence-electron chi connectivity index (χ3n) is 2.56. The Bertz CT molecular complexity index is 510. The summed E-state index contributed by atoms with van der Waals surface area (Å²) in [7, 11) is 0. The summed E-state index contributed by atoms with van der Waals surface area (Å²) >= 11 is 1.79. The van der Waals surface area contributed by atoms with E-state index in [1.165, 1.54) is 16.5 Å². The van der Waals surface area contributed by atoms with Gasteiger partial charge in [0.2, 0.25) is 0 Å². The molecular weight excluding hydrogens is 228 g/mol. The topological polar surface area (TPSA) is 27.8 Å². The molecule has 2 N–H and O–H groups in total. The molecule has 0 unspecified atom stereocenters. The second kappa shape index (κ2) is 6.39. The molecule has 1 aromatic carbocycles. The van der Waals surface area contributed by atoms with Crippen molar-refractivity contribution in [1.29, 1.82) is 0 Å². The number of aromatic amines is 1. The highest BCUT2D eigenvalue weighted by atomic mass is 32.2. The van der Waals surface area contributed by atoms with Crippen LogP contribution in [0.4, 0.5) is 0 Å². The van der Waals surface area contributed by atoms with Gasteiger partial charge in [-0.3, -0.25) is 0 Å². The number of aromatic nitrogens is 1. The number of H-pyrrole nitrogens is 1. The highest BCUT2D eigenvalue weighted by molar-refractivity contribution is 7.99.